The summed E-state index contributed by atoms with van der Waals surface area (Å²) in [4.78, 5) is 4.16. The lowest BCUT2D eigenvalue weighted by Gasteiger charge is -2.33. The summed E-state index contributed by atoms with van der Waals surface area (Å²) in [5, 5.41) is 2.08. The fourth-order valence-electron chi connectivity index (χ4n) is 10.6. The molecular formula is C61H40N2O. The zero-order chi connectivity index (χ0) is 46.5. The fraction of sp³-hybridized carbons (Fsp3) is 0.0164. The summed E-state index contributed by atoms with van der Waals surface area (Å²) in [6.07, 6.45) is 0. The smallest absolute Gasteiger partial charge is 0.159 e. The molecule has 0 saturated carbocycles. The van der Waals surface area contributed by atoms with E-state index in [1.54, 1.807) is 0 Å². The first-order chi connectivity index (χ1) is 33.8. The summed E-state index contributed by atoms with van der Waals surface area (Å²) < 4.78 is 51.2. The molecule has 3 heteroatoms. The van der Waals surface area contributed by atoms with Crippen LogP contribution in [0, 0.1) is 0 Å². The van der Waals surface area contributed by atoms with Gasteiger partial charge >= 0.3 is 0 Å². The molecule has 3 nitrogen and oxygen atoms in total. The van der Waals surface area contributed by atoms with Gasteiger partial charge in [0.1, 0.15) is 5.58 Å². The quantitative estimate of drug-likeness (QED) is 0.160. The van der Waals surface area contributed by atoms with Gasteiger partial charge in [-0.15, -0.1) is 0 Å². The summed E-state index contributed by atoms with van der Waals surface area (Å²) in [7, 11) is 0. The van der Waals surface area contributed by atoms with Crippen LogP contribution in [0.3, 0.4) is 0 Å². The van der Waals surface area contributed by atoms with Gasteiger partial charge in [0.2, 0.25) is 0 Å². The van der Waals surface area contributed by atoms with E-state index in [2.05, 4.69) is 163 Å². The molecular weight excluding hydrogens is 777 g/mol. The van der Waals surface area contributed by atoms with E-state index >= 15 is 0 Å². The molecule has 1 unspecified atom stereocenters. The highest BCUT2D eigenvalue weighted by Gasteiger charge is 2.52. The summed E-state index contributed by atoms with van der Waals surface area (Å²) in [5.74, 6) is 0. The molecule has 2 aliphatic carbocycles. The van der Waals surface area contributed by atoms with E-state index in [1.165, 1.54) is 0 Å². The molecule has 0 amide bonds. The van der Waals surface area contributed by atoms with Crippen molar-refractivity contribution >= 4 is 56.1 Å². The molecule has 0 fully saturated rings. The van der Waals surface area contributed by atoms with Crippen LogP contribution >= 0.6 is 0 Å². The second kappa shape index (κ2) is 14.3. The van der Waals surface area contributed by atoms with E-state index in [4.69, 9.17) is 8.53 Å². The van der Waals surface area contributed by atoms with Crippen LogP contribution in [0.2, 0.25) is 0 Å². The second-order valence-corrected chi connectivity index (χ2v) is 16.4. The van der Waals surface area contributed by atoms with Gasteiger partial charge in [-0.3, -0.25) is 0 Å². The average molecular weight is 822 g/mol. The van der Waals surface area contributed by atoms with E-state index in [0.717, 1.165) is 94.6 Å². The molecule has 0 saturated heterocycles. The molecule has 13 rings (SSSR count). The number of fused-ring (bicyclic) bond motifs is 13. The van der Waals surface area contributed by atoms with Gasteiger partial charge in [0.15, 0.2) is 5.58 Å². The Morgan fingerprint density at radius 3 is 1.59 bits per heavy atom. The number of anilines is 6. The van der Waals surface area contributed by atoms with Crippen molar-refractivity contribution in [2.75, 3.05) is 9.80 Å². The molecule has 1 heterocycles. The zero-order valence-electron chi connectivity index (χ0n) is 39.5. The van der Waals surface area contributed by atoms with Gasteiger partial charge in [-0.05, 0) is 117 Å². The minimum atomic E-state index is -0.817. The number of benzene rings is 10. The predicted molar refractivity (Wildman–Crippen MR) is 265 cm³/mol. The Labute approximate surface area is 379 Å². The first kappa shape index (κ1) is 31.4. The molecule has 11 aromatic rings. The van der Waals surface area contributed by atoms with Crippen LogP contribution in [0.25, 0.3) is 55.3 Å². The van der Waals surface area contributed by atoms with Crippen LogP contribution in [0.15, 0.2) is 247 Å². The molecule has 2 aliphatic rings. The fourth-order valence-corrected chi connectivity index (χ4v) is 10.6. The number of hydrogen-bond donors (Lipinski definition) is 0. The normalized spacial score (nSPS) is 15.4. The Balaban J connectivity index is 1.10. The van der Waals surface area contributed by atoms with Crippen LogP contribution in [-0.2, 0) is 5.41 Å². The molecule has 300 valence electrons. The highest BCUT2D eigenvalue weighted by atomic mass is 16.3. The zero-order valence-corrected chi connectivity index (χ0v) is 34.5. The lowest BCUT2D eigenvalue weighted by Crippen LogP contribution is -2.26. The summed E-state index contributed by atoms with van der Waals surface area (Å²) in [5.41, 5.74) is 16.1. The van der Waals surface area contributed by atoms with E-state index < -0.39 is 11.5 Å². The maximum Gasteiger partial charge on any atom is 0.159 e. The second-order valence-electron chi connectivity index (χ2n) is 16.4. The average Bonchev–Trinajstić information content (AvgIpc) is 4.04. The van der Waals surface area contributed by atoms with Crippen molar-refractivity contribution in [2.24, 2.45) is 0 Å². The van der Waals surface area contributed by atoms with Crippen LogP contribution in [0.5, 0.6) is 0 Å². The van der Waals surface area contributed by atoms with Crippen molar-refractivity contribution < 1.29 is 11.3 Å². The maximum absolute atomic E-state index is 9.21. The lowest BCUT2D eigenvalue weighted by atomic mass is 9.70. The number of rotatable bonds is 7. The van der Waals surface area contributed by atoms with Gasteiger partial charge in [0.05, 0.1) is 23.6 Å². The minimum Gasteiger partial charge on any atom is -0.454 e. The molecule has 0 radical (unpaired) electrons. The highest BCUT2D eigenvalue weighted by Crippen LogP contribution is 2.64. The van der Waals surface area contributed by atoms with E-state index in [9.17, 15) is 2.74 Å². The number of nitrogens with zero attached hydrogens (tertiary/aromatic N) is 2. The van der Waals surface area contributed by atoms with Gasteiger partial charge in [0, 0.05) is 39.1 Å². The molecule has 0 aliphatic heterocycles. The molecule has 1 spiro atoms. The number of para-hydroxylation sites is 5. The third-order valence-electron chi connectivity index (χ3n) is 13.2. The van der Waals surface area contributed by atoms with Crippen LogP contribution in [-0.4, -0.2) is 0 Å². The maximum atomic E-state index is 9.21. The molecule has 1 atom stereocenters. The van der Waals surface area contributed by atoms with Crippen molar-refractivity contribution in [3.8, 4) is 33.4 Å². The summed E-state index contributed by atoms with van der Waals surface area (Å²) in [6, 6.07) is 71.9. The van der Waals surface area contributed by atoms with Gasteiger partial charge in [-0.1, -0.05) is 176 Å². The lowest BCUT2D eigenvalue weighted by molar-refractivity contribution is 0.669. The molecule has 0 bridgehead atoms. The molecule has 0 N–H and O–H groups in total. The van der Waals surface area contributed by atoms with E-state index in [1.807, 2.05) is 59.5 Å². The van der Waals surface area contributed by atoms with Crippen molar-refractivity contribution in [3.05, 3.63) is 265 Å². The Kier molecular flexibility index (Phi) is 7.04. The Bertz CT molecular complexity index is 3850. The molecule has 1 aromatic heterocycles. The van der Waals surface area contributed by atoms with Crippen LogP contribution in [0.1, 0.15) is 29.1 Å². The number of hydrogen-bond acceptors (Lipinski definition) is 3. The highest BCUT2D eigenvalue weighted by molar-refractivity contribution is 6.11. The minimum absolute atomic E-state index is 0.0821. The van der Waals surface area contributed by atoms with Gasteiger partial charge in [-0.25, -0.2) is 0 Å². The Morgan fingerprint density at radius 2 is 0.891 bits per heavy atom. The molecule has 64 heavy (non-hydrogen) atoms. The van der Waals surface area contributed by atoms with Crippen LogP contribution < -0.4 is 9.80 Å². The topological polar surface area (TPSA) is 19.6 Å². The van der Waals surface area contributed by atoms with Gasteiger partial charge in [-0.2, -0.15) is 0 Å². The van der Waals surface area contributed by atoms with Crippen molar-refractivity contribution in [1.29, 1.82) is 0 Å². The van der Waals surface area contributed by atoms with E-state index in [-0.39, 0.29) is 29.9 Å². The van der Waals surface area contributed by atoms with Crippen molar-refractivity contribution in [3.63, 3.8) is 0 Å². The third-order valence-corrected chi connectivity index (χ3v) is 13.2. The summed E-state index contributed by atoms with van der Waals surface area (Å²) >= 11 is 0. The standard InChI is InChI=1S/C61H40N2O/c1-4-19-41(20-5-1)46-25-12-16-32-57(46)63(58-33-18-29-52-51-28-13-17-34-59(51)64-60(52)58)45-36-38-50-48-27-11-15-31-54(48)61(56(50)40-45)53-30-14-10-26-47(53)49-37-35-44(39-55(49)61)62(42-21-6-2-7-22-42)43-23-8-3-9-24-43/h1-40H/i2D,6D,7D,21D,22D. The third kappa shape index (κ3) is 5.28. The number of furan rings is 1. The van der Waals surface area contributed by atoms with Crippen molar-refractivity contribution in [1.82, 2.24) is 0 Å². The largest absolute Gasteiger partial charge is 0.454 e. The van der Waals surface area contributed by atoms with Crippen molar-refractivity contribution in [2.45, 2.75) is 5.41 Å². The Hall–Kier alpha value is -8.40. The summed E-state index contributed by atoms with van der Waals surface area (Å²) in [6.45, 7) is 0. The first-order valence-corrected chi connectivity index (χ1v) is 21.6. The molecule has 10 aromatic carbocycles. The van der Waals surface area contributed by atoms with E-state index in [0.29, 0.717) is 11.4 Å². The van der Waals surface area contributed by atoms with Crippen LogP contribution in [0.4, 0.5) is 34.1 Å². The Morgan fingerprint density at radius 1 is 0.359 bits per heavy atom. The SMILES string of the molecule is [2H]c1c([2H])c([2H])c(N(c2ccccc2)c2ccc3c(c2)C2(c4ccccc4-3)c3ccccc3-c3ccc(N(c4ccccc4-c4ccccc4)c4cccc5c4oc4ccccc45)cc32)c([2H])c1[2H]. The monoisotopic (exact) mass is 821 g/mol. The predicted octanol–water partition coefficient (Wildman–Crippen LogP) is 16.5. The first-order valence-electron chi connectivity index (χ1n) is 24.1. The van der Waals surface area contributed by atoms with Gasteiger partial charge in [0.25, 0.3) is 0 Å². The van der Waals surface area contributed by atoms with Gasteiger partial charge < -0.3 is 14.2 Å².